The highest BCUT2D eigenvalue weighted by atomic mass is 35.5. The van der Waals surface area contributed by atoms with E-state index >= 15 is 0 Å². The van der Waals surface area contributed by atoms with Crippen LogP contribution >= 0.6 is 11.6 Å². The largest absolute Gasteiger partial charge is 0.437 e. The summed E-state index contributed by atoms with van der Waals surface area (Å²) in [5, 5.41) is 3.78. The van der Waals surface area contributed by atoms with Crippen molar-refractivity contribution < 1.29 is 4.74 Å². The molecule has 1 aromatic carbocycles. The van der Waals surface area contributed by atoms with Crippen molar-refractivity contribution in [1.29, 1.82) is 0 Å². The van der Waals surface area contributed by atoms with Crippen LogP contribution < -0.4 is 10.1 Å². The molecule has 0 saturated heterocycles. The fourth-order valence-corrected chi connectivity index (χ4v) is 1.57. The molecule has 2 rings (SSSR count). The van der Waals surface area contributed by atoms with Gasteiger partial charge in [0.15, 0.2) is 0 Å². The van der Waals surface area contributed by atoms with Gasteiger partial charge in [0, 0.05) is 11.6 Å². The van der Waals surface area contributed by atoms with Gasteiger partial charge in [-0.25, -0.2) is 0 Å². The molecule has 0 fully saturated rings. The standard InChI is InChI=1S/C13H14ClN3O/c1-2-6-16-12-8-15-9-13(17-12)18-11-5-3-4-10(14)7-11/h3-5,7-9H,2,6H2,1H3,(H,16,17). The lowest BCUT2D eigenvalue weighted by atomic mass is 10.3. The van der Waals surface area contributed by atoms with Crippen LogP contribution in [0.25, 0.3) is 0 Å². The molecule has 0 saturated carbocycles. The second-order valence-corrected chi connectivity index (χ2v) is 4.17. The molecule has 0 bridgehead atoms. The second-order valence-electron chi connectivity index (χ2n) is 3.73. The van der Waals surface area contributed by atoms with Crippen molar-refractivity contribution in [3.8, 4) is 11.6 Å². The van der Waals surface area contributed by atoms with Crippen LogP contribution in [-0.4, -0.2) is 16.5 Å². The summed E-state index contributed by atoms with van der Waals surface area (Å²) in [5.41, 5.74) is 0. The predicted molar refractivity (Wildman–Crippen MR) is 72.3 cm³/mol. The van der Waals surface area contributed by atoms with Gasteiger partial charge in [0.1, 0.15) is 11.6 Å². The highest BCUT2D eigenvalue weighted by Gasteiger charge is 2.01. The maximum Gasteiger partial charge on any atom is 0.239 e. The van der Waals surface area contributed by atoms with Gasteiger partial charge in [0.25, 0.3) is 0 Å². The van der Waals surface area contributed by atoms with Crippen molar-refractivity contribution in [2.24, 2.45) is 0 Å². The minimum atomic E-state index is 0.443. The average Bonchev–Trinajstić information content (AvgIpc) is 2.37. The summed E-state index contributed by atoms with van der Waals surface area (Å²) in [5.74, 6) is 1.79. The van der Waals surface area contributed by atoms with Gasteiger partial charge in [0.2, 0.25) is 5.88 Å². The third-order valence-electron chi connectivity index (χ3n) is 2.19. The predicted octanol–water partition coefficient (Wildman–Crippen LogP) is 3.74. The van der Waals surface area contributed by atoms with Gasteiger partial charge in [-0.15, -0.1) is 0 Å². The Balaban J connectivity index is 2.09. The number of anilines is 1. The van der Waals surface area contributed by atoms with Crippen LogP contribution in [0.15, 0.2) is 36.7 Å². The number of nitrogens with one attached hydrogen (secondary N) is 1. The number of halogens is 1. The fraction of sp³-hybridized carbons (Fsp3) is 0.231. The lowest BCUT2D eigenvalue weighted by Crippen LogP contribution is -2.02. The quantitative estimate of drug-likeness (QED) is 0.893. The number of hydrogen-bond donors (Lipinski definition) is 1. The topological polar surface area (TPSA) is 47.0 Å². The summed E-state index contributed by atoms with van der Waals surface area (Å²) in [6.45, 7) is 2.95. The summed E-state index contributed by atoms with van der Waals surface area (Å²) < 4.78 is 5.58. The molecule has 0 radical (unpaired) electrons. The van der Waals surface area contributed by atoms with Gasteiger partial charge < -0.3 is 10.1 Å². The fourth-order valence-electron chi connectivity index (χ4n) is 1.39. The summed E-state index contributed by atoms with van der Waals surface area (Å²) >= 11 is 5.88. The molecule has 4 nitrogen and oxygen atoms in total. The van der Waals surface area contributed by atoms with Crippen LogP contribution in [0.1, 0.15) is 13.3 Å². The Bertz CT molecular complexity index is 519. The highest BCUT2D eigenvalue weighted by Crippen LogP contribution is 2.22. The zero-order valence-corrected chi connectivity index (χ0v) is 10.8. The van der Waals surface area contributed by atoms with Crippen LogP contribution in [0.5, 0.6) is 11.6 Å². The first-order valence-corrected chi connectivity index (χ1v) is 6.15. The van der Waals surface area contributed by atoms with Crippen LogP contribution in [0, 0.1) is 0 Å². The molecule has 1 heterocycles. The van der Waals surface area contributed by atoms with E-state index in [9.17, 15) is 0 Å². The SMILES string of the molecule is CCCNc1cncc(Oc2cccc(Cl)c2)n1. The van der Waals surface area contributed by atoms with Crippen molar-refractivity contribution in [2.75, 3.05) is 11.9 Å². The van der Waals surface area contributed by atoms with Gasteiger partial charge in [-0.05, 0) is 24.6 Å². The number of ether oxygens (including phenoxy) is 1. The molecule has 0 amide bonds. The van der Waals surface area contributed by atoms with E-state index < -0.39 is 0 Å². The second kappa shape index (κ2) is 6.21. The zero-order chi connectivity index (χ0) is 12.8. The van der Waals surface area contributed by atoms with Crippen molar-refractivity contribution in [2.45, 2.75) is 13.3 Å². The summed E-state index contributed by atoms with van der Waals surface area (Å²) in [7, 11) is 0. The number of rotatable bonds is 5. The Labute approximate surface area is 111 Å². The maximum atomic E-state index is 5.88. The maximum absolute atomic E-state index is 5.88. The molecular weight excluding hydrogens is 250 g/mol. The van der Waals surface area contributed by atoms with E-state index in [2.05, 4.69) is 22.2 Å². The Hall–Kier alpha value is -1.81. The molecule has 0 atom stereocenters. The highest BCUT2D eigenvalue weighted by molar-refractivity contribution is 6.30. The smallest absolute Gasteiger partial charge is 0.239 e. The van der Waals surface area contributed by atoms with Crippen molar-refractivity contribution >= 4 is 17.4 Å². The third-order valence-corrected chi connectivity index (χ3v) is 2.42. The number of aromatic nitrogens is 2. The normalized spacial score (nSPS) is 10.1. The van der Waals surface area contributed by atoms with Crippen LogP contribution in [0.4, 0.5) is 5.82 Å². The summed E-state index contributed by atoms with van der Waals surface area (Å²) in [4.78, 5) is 8.37. The molecule has 0 aliphatic carbocycles. The van der Waals surface area contributed by atoms with Crippen LogP contribution in [0.3, 0.4) is 0 Å². The lowest BCUT2D eigenvalue weighted by Gasteiger charge is -2.07. The molecule has 1 aromatic heterocycles. The van der Waals surface area contributed by atoms with Gasteiger partial charge in [-0.1, -0.05) is 24.6 Å². The van der Waals surface area contributed by atoms with Gasteiger partial charge in [-0.2, -0.15) is 4.98 Å². The van der Waals surface area contributed by atoms with Crippen LogP contribution in [-0.2, 0) is 0 Å². The molecule has 5 heteroatoms. The molecule has 0 aliphatic heterocycles. The van der Waals surface area contributed by atoms with Crippen LogP contribution in [0.2, 0.25) is 5.02 Å². The number of hydrogen-bond acceptors (Lipinski definition) is 4. The Morgan fingerprint density at radius 2 is 2.22 bits per heavy atom. The minimum absolute atomic E-state index is 0.443. The molecule has 2 aromatic rings. The van der Waals surface area contributed by atoms with E-state index in [0.717, 1.165) is 13.0 Å². The van der Waals surface area contributed by atoms with E-state index in [1.807, 2.05) is 12.1 Å². The number of benzene rings is 1. The number of nitrogens with zero attached hydrogens (tertiary/aromatic N) is 2. The first kappa shape index (κ1) is 12.6. The molecule has 0 unspecified atom stereocenters. The lowest BCUT2D eigenvalue weighted by molar-refractivity contribution is 0.461. The summed E-state index contributed by atoms with van der Waals surface area (Å²) in [6, 6.07) is 7.17. The van der Waals surface area contributed by atoms with Gasteiger partial charge in [0.05, 0.1) is 12.4 Å². The van der Waals surface area contributed by atoms with Gasteiger partial charge >= 0.3 is 0 Å². The van der Waals surface area contributed by atoms with Crippen molar-refractivity contribution in [1.82, 2.24) is 9.97 Å². The van der Waals surface area contributed by atoms with E-state index in [0.29, 0.717) is 22.5 Å². The van der Waals surface area contributed by atoms with E-state index in [1.165, 1.54) is 0 Å². The van der Waals surface area contributed by atoms with Crippen molar-refractivity contribution in [3.63, 3.8) is 0 Å². The Morgan fingerprint density at radius 1 is 1.33 bits per heavy atom. The molecule has 0 aliphatic rings. The van der Waals surface area contributed by atoms with Crippen molar-refractivity contribution in [3.05, 3.63) is 41.7 Å². The molecule has 0 spiro atoms. The first-order chi connectivity index (χ1) is 8.78. The van der Waals surface area contributed by atoms with Gasteiger partial charge in [-0.3, -0.25) is 4.98 Å². The average molecular weight is 264 g/mol. The molecular formula is C13H14ClN3O. The van der Waals surface area contributed by atoms with E-state index in [1.54, 1.807) is 24.5 Å². The van der Waals surface area contributed by atoms with E-state index in [-0.39, 0.29) is 0 Å². The molecule has 94 valence electrons. The zero-order valence-electron chi connectivity index (χ0n) is 10.1. The Morgan fingerprint density at radius 3 is 3.00 bits per heavy atom. The molecule has 1 N–H and O–H groups in total. The summed E-state index contributed by atoms with van der Waals surface area (Å²) in [6.07, 6.45) is 4.26. The Kier molecular flexibility index (Phi) is 4.36. The minimum Gasteiger partial charge on any atom is -0.437 e. The first-order valence-electron chi connectivity index (χ1n) is 5.77. The van der Waals surface area contributed by atoms with E-state index in [4.69, 9.17) is 16.3 Å². The monoisotopic (exact) mass is 263 g/mol. The third kappa shape index (κ3) is 3.60. The molecule has 18 heavy (non-hydrogen) atoms.